The van der Waals surface area contributed by atoms with E-state index >= 15 is 0 Å². The van der Waals surface area contributed by atoms with Crippen LogP contribution in [0.25, 0.3) is 0 Å². The van der Waals surface area contributed by atoms with Crippen molar-refractivity contribution in [3.63, 3.8) is 0 Å². The molecule has 2 amide bonds. The molecule has 0 aliphatic carbocycles. The fourth-order valence-electron chi connectivity index (χ4n) is 2.31. The van der Waals surface area contributed by atoms with E-state index in [1.54, 1.807) is 0 Å². The quantitative estimate of drug-likeness (QED) is 0.846. The molecule has 1 fully saturated rings. The van der Waals surface area contributed by atoms with Crippen LogP contribution < -0.4 is 15.4 Å². The standard InChI is InChI=1S/C17H26N2O3/c1-3-13(2)22-16-8-6-15(7-9-16)19-17(20)18-11-14-5-4-10-21-12-14/h6-9,13-14H,3-5,10-12H2,1-2H3,(H2,18,19,20). The van der Waals surface area contributed by atoms with Gasteiger partial charge in [0.05, 0.1) is 12.7 Å². The summed E-state index contributed by atoms with van der Waals surface area (Å²) >= 11 is 0. The fraction of sp³-hybridized carbons (Fsp3) is 0.588. The maximum atomic E-state index is 11.9. The van der Waals surface area contributed by atoms with E-state index in [0.717, 1.165) is 43.9 Å². The largest absolute Gasteiger partial charge is 0.491 e. The molecule has 1 aromatic carbocycles. The number of carbonyl (C=O) groups is 1. The summed E-state index contributed by atoms with van der Waals surface area (Å²) in [5.41, 5.74) is 0.758. The molecule has 5 nitrogen and oxygen atoms in total. The van der Waals surface area contributed by atoms with Crippen molar-refractivity contribution in [2.45, 2.75) is 39.2 Å². The van der Waals surface area contributed by atoms with Crippen molar-refractivity contribution in [3.8, 4) is 5.75 Å². The Labute approximate surface area is 132 Å². The minimum atomic E-state index is -0.179. The molecule has 2 rings (SSSR count). The lowest BCUT2D eigenvalue weighted by atomic mass is 10.0. The summed E-state index contributed by atoms with van der Waals surface area (Å²) in [4.78, 5) is 11.9. The topological polar surface area (TPSA) is 59.6 Å². The van der Waals surface area contributed by atoms with Crippen molar-refractivity contribution < 1.29 is 14.3 Å². The first kappa shape index (κ1) is 16.6. The average Bonchev–Trinajstić information content (AvgIpc) is 2.55. The predicted octanol–water partition coefficient (Wildman–Crippen LogP) is 3.41. The van der Waals surface area contributed by atoms with Gasteiger partial charge in [-0.3, -0.25) is 0 Å². The minimum absolute atomic E-state index is 0.179. The van der Waals surface area contributed by atoms with E-state index < -0.39 is 0 Å². The Morgan fingerprint density at radius 3 is 2.82 bits per heavy atom. The Morgan fingerprint density at radius 2 is 2.18 bits per heavy atom. The van der Waals surface area contributed by atoms with Gasteiger partial charge in [0.2, 0.25) is 0 Å². The van der Waals surface area contributed by atoms with Gasteiger partial charge in [0.1, 0.15) is 5.75 Å². The van der Waals surface area contributed by atoms with Crippen LogP contribution in [0.5, 0.6) is 5.75 Å². The highest BCUT2D eigenvalue weighted by atomic mass is 16.5. The van der Waals surface area contributed by atoms with E-state index in [0.29, 0.717) is 12.5 Å². The van der Waals surface area contributed by atoms with Crippen molar-refractivity contribution in [1.82, 2.24) is 5.32 Å². The fourth-order valence-corrected chi connectivity index (χ4v) is 2.31. The monoisotopic (exact) mass is 306 g/mol. The Balaban J connectivity index is 1.73. The lowest BCUT2D eigenvalue weighted by Crippen LogP contribution is -2.35. The van der Waals surface area contributed by atoms with Gasteiger partial charge in [0.15, 0.2) is 0 Å². The van der Waals surface area contributed by atoms with E-state index in [1.165, 1.54) is 0 Å². The van der Waals surface area contributed by atoms with Crippen LogP contribution in [0.1, 0.15) is 33.1 Å². The zero-order chi connectivity index (χ0) is 15.8. The minimum Gasteiger partial charge on any atom is -0.491 e. The molecular formula is C17H26N2O3. The summed E-state index contributed by atoms with van der Waals surface area (Å²) in [5.74, 6) is 1.24. The van der Waals surface area contributed by atoms with Crippen molar-refractivity contribution in [1.29, 1.82) is 0 Å². The summed E-state index contributed by atoms with van der Waals surface area (Å²) in [5, 5.41) is 5.73. The third kappa shape index (κ3) is 5.56. The molecule has 22 heavy (non-hydrogen) atoms. The maximum absolute atomic E-state index is 11.9. The third-order valence-corrected chi connectivity index (χ3v) is 3.83. The van der Waals surface area contributed by atoms with Gasteiger partial charge >= 0.3 is 6.03 Å². The molecule has 5 heteroatoms. The number of anilines is 1. The van der Waals surface area contributed by atoms with E-state index in [2.05, 4.69) is 17.6 Å². The molecular weight excluding hydrogens is 280 g/mol. The van der Waals surface area contributed by atoms with Crippen LogP contribution in [0.15, 0.2) is 24.3 Å². The van der Waals surface area contributed by atoms with Gasteiger partial charge in [-0.25, -0.2) is 4.79 Å². The highest BCUT2D eigenvalue weighted by Crippen LogP contribution is 2.17. The van der Waals surface area contributed by atoms with Crippen molar-refractivity contribution in [2.24, 2.45) is 5.92 Å². The van der Waals surface area contributed by atoms with Crippen LogP contribution in [-0.4, -0.2) is 31.9 Å². The summed E-state index contributed by atoms with van der Waals surface area (Å²) in [6, 6.07) is 7.26. The van der Waals surface area contributed by atoms with Crippen LogP contribution >= 0.6 is 0 Å². The molecule has 0 saturated carbocycles. The van der Waals surface area contributed by atoms with Crippen LogP contribution in [0.2, 0.25) is 0 Å². The molecule has 1 saturated heterocycles. The number of hydrogen-bond acceptors (Lipinski definition) is 3. The zero-order valence-corrected chi connectivity index (χ0v) is 13.4. The first-order valence-corrected chi connectivity index (χ1v) is 8.06. The van der Waals surface area contributed by atoms with Crippen molar-refractivity contribution in [3.05, 3.63) is 24.3 Å². The summed E-state index contributed by atoms with van der Waals surface area (Å²) in [7, 11) is 0. The van der Waals surface area contributed by atoms with E-state index in [9.17, 15) is 4.79 Å². The number of rotatable bonds is 6. The SMILES string of the molecule is CCC(C)Oc1ccc(NC(=O)NCC2CCCOC2)cc1. The summed E-state index contributed by atoms with van der Waals surface area (Å²) in [6.45, 7) is 6.35. The van der Waals surface area contributed by atoms with E-state index in [1.807, 2.05) is 31.2 Å². The maximum Gasteiger partial charge on any atom is 0.319 e. The van der Waals surface area contributed by atoms with Crippen molar-refractivity contribution in [2.75, 3.05) is 25.1 Å². The Hall–Kier alpha value is -1.75. The van der Waals surface area contributed by atoms with Gasteiger partial charge in [-0.2, -0.15) is 0 Å². The number of nitrogens with one attached hydrogen (secondary N) is 2. The van der Waals surface area contributed by atoms with Gasteiger partial charge in [-0.05, 0) is 56.4 Å². The number of ether oxygens (including phenoxy) is 2. The van der Waals surface area contributed by atoms with Crippen molar-refractivity contribution >= 4 is 11.7 Å². The van der Waals surface area contributed by atoms with E-state index in [4.69, 9.17) is 9.47 Å². The number of benzene rings is 1. The molecule has 2 atom stereocenters. The second-order valence-electron chi connectivity index (χ2n) is 5.78. The van der Waals surface area contributed by atoms with E-state index in [-0.39, 0.29) is 12.1 Å². The average molecular weight is 306 g/mol. The summed E-state index contributed by atoms with van der Waals surface area (Å²) < 4.78 is 11.1. The highest BCUT2D eigenvalue weighted by molar-refractivity contribution is 5.89. The van der Waals surface area contributed by atoms with Gasteiger partial charge < -0.3 is 20.1 Å². The number of hydrogen-bond donors (Lipinski definition) is 2. The Bertz CT molecular complexity index is 455. The molecule has 0 bridgehead atoms. The summed E-state index contributed by atoms with van der Waals surface area (Å²) in [6.07, 6.45) is 3.35. The van der Waals surface area contributed by atoms with Gasteiger partial charge in [-0.1, -0.05) is 6.92 Å². The first-order chi connectivity index (χ1) is 10.7. The van der Waals surface area contributed by atoms with Gasteiger partial charge in [-0.15, -0.1) is 0 Å². The molecule has 2 N–H and O–H groups in total. The lowest BCUT2D eigenvalue weighted by Gasteiger charge is -2.22. The lowest BCUT2D eigenvalue weighted by molar-refractivity contribution is 0.0559. The second-order valence-corrected chi connectivity index (χ2v) is 5.78. The molecule has 0 aromatic heterocycles. The van der Waals surface area contributed by atoms with Crippen LogP contribution in [0, 0.1) is 5.92 Å². The highest BCUT2D eigenvalue weighted by Gasteiger charge is 2.14. The zero-order valence-electron chi connectivity index (χ0n) is 13.4. The number of carbonyl (C=O) groups excluding carboxylic acids is 1. The molecule has 122 valence electrons. The molecule has 1 heterocycles. The first-order valence-electron chi connectivity index (χ1n) is 8.06. The molecule has 1 aromatic rings. The Kier molecular flexibility index (Phi) is 6.52. The van der Waals surface area contributed by atoms with Crippen LogP contribution in [0.3, 0.4) is 0 Å². The normalized spacial score (nSPS) is 19.3. The number of amides is 2. The second kappa shape index (κ2) is 8.63. The molecule has 0 radical (unpaired) electrons. The third-order valence-electron chi connectivity index (χ3n) is 3.83. The van der Waals surface area contributed by atoms with Crippen LogP contribution in [-0.2, 0) is 4.74 Å². The molecule has 2 unspecified atom stereocenters. The van der Waals surface area contributed by atoms with Gasteiger partial charge in [0.25, 0.3) is 0 Å². The molecule has 1 aliphatic heterocycles. The Morgan fingerprint density at radius 1 is 1.41 bits per heavy atom. The van der Waals surface area contributed by atoms with Crippen LogP contribution in [0.4, 0.5) is 10.5 Å². The number of urea groups is 1. The molecule has 0 spiro atoms. The predicted molar refractivity (Wildman–Crippen MR) is 87.4 cm³/mol. The molecule has 1 aliphatic rings. The smallest absolute Gasteiger partial charge is 0.319 e. The van der Waals surface area contributed by atoms with Gasteiger partial charge in [0, 0.05) is 18.8 Å².